The van der Waals surface area contributed by atoms with Gasteiger partial charge in [-0.05, 0) is 0 Å². The van der Waals surface area contributed by atoms with Crippen LogP contribution in [0.4, 0.5) is 26.3 Å². The van der Waals surface area contributed by atoms with Crippen molar-refractivity contribution in [2.24, 2.45) is 0 Å². The summed E-state index contributed by atoms with van der Waals surface area (Å²) in [4.78, 5) is 0. The summed E-state index contributed by atoms with van der Waals surface area (Å²) in [5, 5.41) is 0. The quantitative estimate of drug-likeness (QED) is 0.495. The minimum Gasteiger partial charge on any atom is -0.235 e. The lowest BCUT2D eigenvalue weighted by Crippen LogP contribution is -2.42. The monoisotopic (exact) mass is 175 g/mol. The van der Waals surface area contributed by atoms with Gasteiger partial charge >= 0.3 is 11.8 Å². The smallest absolute Gasteiger partial charge is 0.235 e. The summed E-state index contributed by atoms with van der Waals surface area (Å²) in [6.45, 7) is 0. The molecule has 0 N–H and O–H groups in total. The Hall–Kier alpha value is -0.680. The fraction of sp³-hybridized carbons (Fsp3) is 0.600. The number of hydrogen-bond donors (Lipinski definition) is 0. The maximum atomic E-state index is 11.9. The molecule has 1 radical (unpaired) electrons. The van der Waals surface area contributed by atoms with E-state index >= 15 is 0 Å². The molecule has 6 heteroatoms. The van der Waals surface area contributed by atoms with Gasteiger partial charge in [0.05, 0.1) is 0 Å². The molecule has 1 atom stereocenters. The Morgan fingerprint density at radius 1 is 1.18 bits per heavy atom. The predicted octanol–water partition coefficient (Wildman–Crippen LogP) is 2.27. The van der Waals surface area contributed by atoms with Crippen LogP contribution in [0, 0.1) is 6.08 Å². The summed E-state index contributed by atoms with van der Waals surface area (Å²) >= 11 is 0. The van der Waals surface area contributed by atoms with Crippen LogP contribution >= 0.6 is 0 Å². The lowest BCUT2D eigenvalue weighted by atomic mass is 10.2. The molecule has 1 unspecified atom stereocenters. The molecule has 0 fully saturated rings. The van der Waals surface area contributed by atoms with Crippen molar-refractivity contribution in [1.82, 2.24) is 0 Å². The molecule has 1 aliphatic rings. The first-order valence-electron chi connectivity index (χ1n) is 2.49. The molecule has 0 aliphatic heterocycles. The fourth-order valence-corrected chi connectivity index (χ4v) is 0.598. The summed E-state index contributed by atoms with van der Waals surface area (Å²) < 4.78 is 71.3. The zero-order chi connectivity index (χ0) is 8.86. The molecule has 1 rings (SSSR count). The van der Waals surface area contributed by atoms with E-state index in [0.717, 1.165) is 0 Å². The third-order valence-electron chi connectivity index (χ3n) is 1.27. The Morgan fingerprint density at radius 3 is 1.73 bits per heavy atom. The van der Waals surface area contributed by atoms with Crippen LogP contribution in [0.3, 0.4) is 0 Å². The van der Waals surface area contributed by atoms with E-state index in [-0.39, 0.29) is 0 Å². The van der Waals surface area contributed by atoms with Gasteiger partial charge in [-0.3, -0.25) is 0 Å². The van der Waals surface area contributed by atoms with Crippen molar-refractivity contribution >= 4 is 0 Å². The molecule has 0 saturated carbocycles. The van der Waals surface area contributed by atoms with Gasteiger partial charge in [0.25, 0.3) is 0 Å². The van der Waals surface area contributed by atoms with Crippen LogP contribution in [0.5, 0.6) is 0 Å². The van der Waals surface area contributed by atoms with Crippen molar-refractivity contribution in [3.63, 3.8) is 0 Å². The maximum Gasteiger partial charge on any atom is 0.364 e. The van der Waals surface area contributed by atoms with Crippen LogP contribution in [0.15, 0.2) is 5.83 Å². The molecule has 0 nitrogen and oxygen atoms in total. The molecule has 0 amide bonds. The molecule has 63 valence electrons. The van der Waals surface area contributed by atoms with Crippen molar-refractivity contribution in [1.29, 1.82) is 0 Å². The van der Waals surface area contributed by atoms with E-state index in [9.17, 15) is 26.3 Å². The fourth-order valence-electron chi connectivity index (χ4n) is 0.598. The Bertz CT molecular complexity index is 205. The number of allylic oxidation sites excluding steroid dienone is 2. The second kappa shape index (κ2) is 1.92. The van der Waals surface area contributed by atoms with E-state index in [1.165, 1.54) is 0 Å². The maximum absolute atomic E-state index is 11.9. The van der Waals surface area contributed by atoms with Gasteiger partial charge in [-0.1, -0.05) is 0 Å². The van der Waals surface area contributed by atoms with Gasteiger partial charge in [0.2, 0.25) is 0 Å². The molecular formula is C5HF6. The Morgan fingerprint density at radius 2 is 1.64 bits per heavy atom. The molecular weight excluding hydrogens is 174 g/mol. The average Bonchev–Trinajstić information content (AvgIpc) is 1.95. The normalized spacial score (nSPS) is 33.6. The molecule has 0 aromatic heterocycles. The summed E-state index contributed by atoms with van der Waals surface area (Å²) in [6, 6.07) is 0. The second-order valence-electron chi connectivity index (χ2n) is 2.02. The molecule has 0 heterocycles. The largest absolute Gasteiger partial charge is 0.364 e. The molecule has 0 spiro atoms. The molecule has 1 aliphatic carbocycles. The Kier molecular flexibility index (Phi) is 1.47. The minimum atomic E-state index is -5.05. The zero-order valence-corrected chi connectivity index (χ0v) is 4.85. The van der Waals surface area contributed by atoms with Gasteiger partial charge in [-0.25, -0.2) is 8.78 Å². The molecule has 0 aromatic carbocycles. The third-order valence-corrected chi connectivity index (χ3v) is 1.27. The first-order chi connectivity index (χ1) is 4.80. The average molecular weight is 175 g/mol. The van der Waals surface area contributed by atoms with Crippen molar-refractivity contribution in [2.45, 2.75) is 18.0 Å². The van der Waals surface area contributed by atoms with Gasteiger partial charge in [0, 0.05) is 6.08 Å². The highest BCUT2D eigenvalue weighted by atomic mass is 19.3. The summed E-state index contributed by atoms with van der Waals surface area (Å²) in [5.74, 6) is -12.6. The van der Waals surface area contributed by atoms with E-state index in [1.807, 2.05) is 0 Å². The standard InChI is InChI=1S/C5HF6/c6-2-1-3(7)5(10,11)4(2,8)9/h2H. The first kappa shape index (κ1) is 8.42. The minimum absolute atomic E-state index is 0.681. The molecule has 11 heavy (non-hydrogen) atoms. The lowest BCUT2D eigenvalue weighted by molar-refractivity contribution is -0.203. The SMILES string of the molecule is FC1=[C]C(F)C(F)(F)C1(F)F. The zero-order valence-electron chi connectivity index (χ0n) is 4.85. The lowest BCUT2D eigenvalue weighted by Gasteiger charge is -2.19. The number of halogens is 6. The molecule has 0 saturated heterocycles. The van der Waals surface area contributed by atoms with Gasteiger partial charge in [-0.15, -0.1) is 0 Å². The summed E-state index contributed by atoms with van der Waals surface area (Å²) in [6.07, 6.45) is -2.68. The van der Waals surface area contributed by atoms with Crippen LogP contribution in [-0.2, 0) is 0 Å². The van der Waals surface area contributed by atoms with E-state index in [1.54, 1.807) is 0 Å². The van der Waals surface area contributed by atoms with E-state index in [0.29, 0.717) is 6.08 Å². The summed E-state index contributed by atoms with van der Waals surface area (Å²) in [7, 11) is 0. The van der Waals surface area contributed by atoms with Crippen molar-refractivity contribution in [3.05, 3.63) is 11.9 Å². The van der Waals surface area contributed by atoms with Gasteiger partial charge < -0.3 is 0 Å². The number of alkyl halides is 5. The first-order valence-corrected chi connectivity index (χ1v) is 2.49. The van der Waals surface area contributed by atoms with Crippen LogP contribution in [0.1, 0.15) is 0 Å². The number of hydrogen-bond acceptors (Lipinski definition) is 0. The van der Waals surface area contributed by atoms with Gasteiger partial charge in [0.15, 0.2) is 12.0 Å². The van der Waals surface area contributed by atoms with E-state index in [2.05, 4.69) is 0 Å². The van der Waals surface area contributed by atoms with Crippen molar-refractivity contribution in [3.8, 4) is 0 Å². The highest BCUT2D eigenvalue weighted by Gasteiger charge is 2.69. The molecule has 0 aromatic rings. The molecule has 0 bridgehead atoms. The van der Waals surface area contributed by atoms with Gasteiger partial charge in [0.1, 0.15) is 0 Å². The highest BCUT2D eigenvalue weighted by molar-refractivity contribution is 5.20. The second-order valence-corrected chi connectivity index (χ2v) is 2.02. The highest BCUT2D eigenvalue weighted by Crippen LogP contribution is 2.48. The topological polar surface area (TPSA) is 0 Å². The Balaban J connectivity index is 3.07. The Labute approximate surface area is 57.5 Å². The third kappa shape index (κ3) is 0.844. The van der Waals surface area contributed by atoms with Crippen LogP contribution < -0.4 is 0 Å². The number of rotatable bonds is 0. The van der Waals surface area contributed by atoms with Gasteiger partial charge in [-0.2, -0.15) is 17.6 Å². The van der Waals surface area contributed by atoms with E-state index < -0.39 is 23.8 Å². The predicted molar refractivity (Wildman–Crippen MR) is 22.7 cm³/mol. The van der Waals surface area contributed by atoms with Crippen LogP contribution in [-0.4, -0.2) is 18.0 Å². The summed E-state index contributed by atoms with van der Waals surface area (Å²) in [5.41, 5.74) is 0. The van der Waals surface area contributed by atoms with Crippen LogP contribution in [0.25, 0.3) is 0 Å². The van der Waals surface area contributed by atoms with Crippen molar-refractivity contribution in [2.75, 3.05) is 0 Å². The van der Waals surface area contributed by atoms with E-state index in [4.69, 9.17) is 0 Å². The van der Waals surface area contributed by atoms with Crippen LogP contribution in [0.2, 0.25) is 0 Å². The van der Waals surface area contributed by atoms with Crippen molar-refractivity contribution < 1.29 is 26.3 Å².